The molecule has 1 fully saturated rings. The third-order valence-electron chi connectivity index (χ3n) is 4.95. The molecule has 0 aliphatic carbocycles. The largest absolute Gasteiger partial charge is 0.507 e. The van der Waals surface area contributed by atoms with Crippen LogP contribution in [0.15, 0.2) is 42.5 Å². The number of alkyl halides is 3. The fourth-order valence-corrected chi connectivity index (χ4v) is 3.49. The number of nitrogens with zero attached hydrogens (tertiary/aromatic N) is 2. The lowest BCUT2D eigenvalue weighted by atomic mass is 10.0. The van der Waals surface area contributed by atoms with Crippen molar-refractivity contribution in [3.8, 4) is 17.0 Å². The van der Waals surface area contributed by atoms with Gasteiger partial charge in [0.25, 0.3) is 0 Å². The summed E-state index contributed by atoms with van der Waals surface area (Å²) in [5.41, 5.74) is -0.361. The number of rotatable bonds is 4. The molecular weight excluding hydrogens is 369 g/mol. The Hall–Kier alpha value is -2.87. The zero-order valence-electron chi connectivity index (χ0n) is 14.9. The summed E-state index contributed by atoms with van der Waals surface area (Å²) in [7, 11) is 0. The van der Waals surface area contributed by atoms with E-state index in [1.807, 2.05) is 24.3 Å². The number of hydrogen-bond donors (Lipinski definition) is 3. The highest BCUT2D eigenvalue weighted by Gasteiger charge is 2.31. The van der Waals surface area contributed by atoms with Crippen molar-refractivity contribution in [1.82, 2.24) is 15.5 Å². The van der Waals surface area contributed by atoms with Gasteiger partial charge in [0.2, 0.25) is 0 Å². The predicted molar refractivity (Wildman–Crippen MR) is 101 cm³/mol. The topological polar surface area (TPSA) is 70.1 Å². The van der Waals surface area contributed by atoms with E-state index in [1.165, 1.54) is 6.07 Å². The Morgan fingerprint density at radius 2 is 1.89 bits per heavy atom. The van der Waals surface area contributed by atoms with Gasteiger partial charge in [0.1, 0.15) is 11.4 Å². The second-order valence-corrected chi connectivity index (χ2v) is 6.85. The van der Waals surface area contributed by atoms with Crippen LogP contribution < -0.4 is 10.6 Å². The highest BCUT2D eigenvalue weighted by molar-refractivity contribution is 6.00. The number of nitrogens with one attached hydrogen (secondary N) is 2. The summed E-state index contributed by atoms with van der Waals surface area (Å²) in [6.45, 7) is 1.72. The molecule has 4 rings (SSSR count). The van der Waals surface area contributed by atoms with Gasteiger partial charge in [-0.3, -0.25) is 0 Å². The van der Waals surface area contributed by atoms with E-state index in [2.05, 4.69) is 20.8 Å². The van der Waals surface area contributed by atoms with Crippen molar-refractivity contribution in [3.63, 3.8) is 0 Å². The molecule has 2 aromatic carbocycles. The maximum Gasteiger partial charge on any atom is 0.416 e. The number of halogens is 3. The van der Waals surface area contributed by atoms with E-state index in [0.29, 0.717) is 35.6 Å². The molecule has 1 saturated heterocycles. The zero-order chi connectivity index (χ0) is 19.7. The molecular formula is C20H19F3N4O. The normalized spacial score (nSPS) is 17.2. The SMILES string of the molecule is Oc1cc(C(F)(F)F)ccc1-c1nnc(NC[C@@H]2CCCN2)c2ccccc12. The van der Waals surface area contributed by atoms with E-state index in [0.717, 1.165) is 30.8 Å². The van der Waals surface area contributed by atoms with Crippen LogP contribution in [0.2, 0.25) is 0 Å². The molecule has 146 valence electrons. The lowest BCUT2D eigenvalue weighted by Crippen LogP contribution is -2.29. The maximum absolute atomic E-state index is 12.9. The Balaban J connectivity index is 1.72. The summed E-state index contributed by atoms with van der Waals surface area (Å²) in [5, 5.41) is 26.8. The zero-order valence-corrected chi connectivity index (χ0v) is 14.9. The average Bonchev–Trinajstić information content (AvgIpc) is 3.19. The summed E-state index contributed by atoms with van der Waals surface area (Å²) in [5.74, 6) is 0.129. The number of hydrogen-bond acceptors (Lipinski definition) is 5. The first-order valence-electron chi connectivity index (χ1n) is 9.07. The van der Waals surface area contributed by atoms with E-state index in [4.69, 9.17) is 0 Å². The second-order valence-electron chi connectivity index (χ2n) is 6.85. The van der Waals surface area contributed by atoms with Crippen molar-refractivity contribution in [1.29, 1.82) is 0 Å². The van der Waals surface area contributed by atoms with Gasteiger partial charge in [-0.15, -0.1) is 10.2 Å². The molecule has 3 N–H and O–H groups in total. The van der Waals surface area contributed by atoms with E-state index < -0.39 is 17.5 Å². The molecule has 1 aliphatic rings. The molecule has 0 amide bonds. The quantitative estimate of drug-likeness (QED) is 0.625. The number of phenols is 1. The van der Waals surface area contributed by atoms with Gasteiger partial charge in [-0.25, -0.2) is 0 Å². The number of aromatic nitrogens is 2. The number of anilines is 1. The van der Waals surface area contributed by atoms with Crippen molar-refractivity contribution in [2.45, 2.75) is 25.1 Å². The Morgan fingerprint density at radius 3 is 2.57 bits per heavy atom. The Labute approximate surface area is 159 Å². The van der Waals surface area contributed by atoms with Crippen molar-refractivity contribution in [2.24, 2.45) is 0 Å². The molecule has 3 aromatic rings. The first-order chi connectivity index (χ1) is 13.4. The van der Waals surface area contributed by atoms with Crippen molar-refractivity contribution >= 4 is 16.6 Å². The summed E-state index contributed by atoms with van der Waals surface area (Å²) in [4.78, 5) is 0. The molecule has 5 nitrogen and oxygen atoms in total. The van der Waals surface area contributed by atoms with Gasteiger partial charge in [-0.05, 0) is 37.6 Å². The lowest BCUT2D eigenvalue weighted by molar-refractivity contribution is -0.137. The van der Waals surface area contributed by atoms with Crippen LogP contribution in [0.3, 0.4) is 0 Å². The number of fused-ring (bicyclic) bond motifs is 1. The van der Waals surface area contributed by atoms with Gasteiger partial charge in [0, 0.05) is 28.9 Å². The number of benzene rings is 2. The first-order valence-corrected chi connectivity index (χ1v) is 9.07. The van der Waals surface area contributed by atoms with Gasteiger partial charge in [-0.1, -0.05) is 24.3 Å². The molecule has 2 heterocycles. The van der Waals surface area contributed by atoms with Crippen LogP contribution in [0.4, 0.5) is 19.0 Å². The highest BCUT2D eigenvalue weighted by atomic mass is 19.4. The van der Waals surface area contributed by atoms with Gasteiger partial charge in [-0.2, -0.15) is 13.2 Å². The first kappa shape index (κ1) is 18.5. The Morgan fingerprint density at radius 1 is 1.11 bits per heavy atom. The van der Waals surface area contributed by atoms with E-state index in [1.54, 1.807) is 0 Å². The molecule has 0 unspecified atom stereocenters. The van der Waals surface area contributed by atoms with Crippen LogP contribution in [-0.2, 0) is 6.18 Å². The smallest absolute Gasteiger partial charge is 0.416 e. The summed E-state index contributed by atoms with van der Waals surface area (Å²) in [6.07, 6.45) is -2.29. The van der Waals surface area contributed by atoms with Crippen LogP contribution in [-0.4, -0.2) is 34.4 Å². The fourth-order valence-electron chi connectivity index (χ4n) is 3.49. The fraction of sp³-hybridized carbons (Fsp3) is 0.300. The number of aromatic hydroxyl groups is 1. The molecule has 0 radical (unpaired) electrons. The molecule has 1 aromatic heterocycles. The standard InChI is InChI=1S/C20H19F3N4O/c21-20(22,23)12-7-8-16(17(28)10-12)18-14-5-1-2-6-15(14)19(27-26-18)25-11-13-4-3-9-24-13/h1-2,5-8,10,13,24,28H,3-4,9,11H2,(H,25,27)/t13-/m0/s1. The summed E-state index contributed by atoms with van der Waals surface area (Å²) in [6, 6.07) is 10.6. The number of phenolic OH excluding ortho intramolecular Hbond substituents is 1. The minimum atomic E-state index is -4.52. The van der Waals surface area contributed by atoms with Crippen LogP contribution in [0.5, 0.6) is 5.75 Å². The Kier molecular flexibility index (Phi) is 4.80. The average molecular weight is 388 g/mol. The summed E-state index contributed by atoms with van der Waals surface area (Å²) >= 11 is 0. The van der Waals surface area contributed by atoms with E-state index >= 15 is 0 Å². The molecule has 0 saturated carbocycles. The van der Waals surface area contributed by atoms with Crippen LogP contribution in [0, 0.1) is 0 Å². The summed E-state index contributed by atoms with van der Waals surface area (Å²) < 4.78 is 38.6. The molecule has 1 aliphatic heterocycles. The molecule has 0 bridgehead atoms. The molecule has 0 spiro atoms. The van der Waals surface area contributed by atoms with Gasteiger partial charge < -0.3 is 15.7 Å². The van der Waals surface area contributed by atoms with Crippen LogP contribution >= 0.6 is 0 Å². The van der Waals surface area contributed by atoms with E-state index in [-0.39, 0.29) is 5.56 Å². The van der Waals surface area contributed by atoms with Gasteiger partial charge in [0.05, 0.1) is 5.56 Å². The predicted octanol–water partition coefficient (Wildman–Crippen LogP) is 4.19. The molecule has 1 atom stereocenters. The second kappa shape index (κ2) is 7.27. The maximum atomic E-state index is 12.9. The van der Waals surface area contributed by atoms with Crippen LogP contribution in [0.1, 0.15) is 18.4 Å². The van der Waals surface area contributed by atoms with Crippen molar-refractivity contribution < 1.29 is 18.3 Å². The monoisotopic (exact) mass is 388 g/mol. The van der Waals surface area contributed by atoms with Gasteiger partial charge in [0.15, 0.2) is 5.82 Å². The van der Waals surface area contributed by atoms with E-state index in [9.17, 15) is 18.3 Å². The van der Waals surface area contributed by atoms with Gasteiger partial charge >= 0.3 is 6.18 Å². The highest BCUT2D eigenvalue weighted by Crippen LogP contribution is 2.38. The molecule has 28 heavy (non-hydrogen) atoms. The lowest BCUT2D eigenvalue weighted by Gasteiger charge is -2.15. The third-order valence-corrected chi connectivity index (χ3v) is 4.95. The van der Waals surface area contributed by atoms with Crippen LogP contribution in [0.25, 0.3) is 22.0 Å². The Bertz CT molecular complexity index is 1000. The van der Waals surface area contributed by atoms with Crippen molar-refractivity contribution in [2.75, 3.05) is 18.4 Å². The molecule has 8 heteroatoms. The minimum Gasteiger partial charge on any atom is -0.507 e. The van der Waals surface area contributed by atoms with Crippen molar-refractivity contribution in [3.05, 3.63) is 48.0 Å². The minimum absolute atomic E-state index is 0.209. The third kappa shape index (κ3) is 3.60.